The lowest BCUT2D eigenvalue weighted by Crippen LogP contribution is -2.38. The Morgan fingerprint density at radius 2 is 1.64 bits per heavy atom. The lowest BCUT2D eigenvalue weighted by molar-refractivity contribution is -0.137. The summed E-state index contributed by atoms with van der Waals surface area (Å²) >= 11 is 0. The van der Waals surface area contributed by atoms with Crippen molar-refractivity contribution < 1.29 is 14.3 Å². The minimum absolute atomic E-state index is 0.0566. The molecule has 3 aromatic carbocycles. The molecule has 4 nitrogen and oxygen atoms in total. The summed E-state index contributed by atoms with van der Waals surface area (Å²) in [6.45, 7) is 0.579. The van der Waals surface area contributed by atoms with E-state index in [1.54, 1.807) is 14.2 Å². The van der Waals surface area contributed by atoms with E-state index in [0.717, 1.165) is 35.5 Å². The van der Waals surface area contributed by atoms with Crippen LogP contribution in [0.5, 0.6) is 11.5 Å². The first-order valence-electron chi connectivity index (χ1n) is 9.69. The van der Waals surface area contributed by atoms with Gasteiger partial charge in [0.25, 0.3) is 0 Å². The Kier molecular flexibility index (Phi) is 5.20. The van der Waals surface area contributed by atoms with E-state index in [-0.39, 0.29) is 11.9 Å². The molecule has 1 aliphatic heterocycles. The second-order valence-electron chi connectivity index (χ2n) is 7.19. The molecule has 0 aromatic heterocycles. The number of methoxy groups -OCH3 is 2. The Labute approximate surface area is 165 Å². The normalized spacial score (nSPS) is 17.0. The largest absolute Gasteiger partial charge is 0.496 e. The lowest BCUT2D eigenvalue weighted by atomic mass is 9.92. The van der Waals surface area contributed by atoms with Crippen molar-refractivity contribution in [1.82, 2.24) is 4.90 Å². The molecule has 0 bridgehead atoms. The van der Waals surface area contributed by atoms with Crippen molar-refractivity contribution in [3.63, 3.8) is 0 Å². The van der Waals surface area contributed by atoms with E-state index in [9.17, 15) is 4.79 Å². The highest BCUT2D eigenvalue weighted by molar-refractivity contribution is 5.83. The van der Waals surface area contributed by atoms with Gasteiger partial charge in [-0.25, -0.2) is 0 Å². The molecular weight excluding hydrogens is 350 g/mol. The number of ether oxygens (including phenoxy) is 2. The van der Waals surface area contributed by atoms with Gasteiger partial charge in [0.15, 0.2) is 0 Å². The minimum atomic E-state index is -0.0566. The minimum Gasteiger partial charge on any atom is -0.496 e. The molecule has 4 heteroatoms. The van der Waals surface area contributed by atoms with E-state index < -0.39 is 0 Å². The Morgan fingerprint density at radius 3 is 2.36 bits per heavy atom. The molecule has 3 aromatic rings. The zero-order chi connectivity index (χ0) is 19.5. The molecule has 1 aliphatic rings. The smallest absolute Gasteiger partial charge is 0.223 e. The molecule has 0 radical (unpaired) electrons. The Balaban J connectivity index is 1.72. The highest BCUT2D eigenvalue weighted by Gasteiger charge is 2.33. The topological polar surface area (TPSA) is 38.8 Å². The molecule has 1 fully saturated rings. The van der Waals surface area contributed by atoms with Crippen LogP contribution in [0.1, 0.15) is 36.4 Å². The molecule has 1 saturated heterocycles. The fourth-order valence-electron chi connectivity index (χ4n) is 4.16. The summed E-state index contributed by atoms with van der Waals surface area (Å²) in [5.41, 5.74) is 2.09. The molecule has 0 saturated carbocycles. The number of piperidine rings is 1. The van der Waals surface area contributed by atoms with E-state index in [1.165, 1.54) is 10.8 Å². The maximum atomic E-state index is 12.9. The molecule has 28 heavy (non-hydrogen) atoms. The number of fused-ring (bicyclic) bond motifs is 1. The predicted octanol–water partition coefficient (Wildman–Crippen LogP) is 5.11. The number of nitrogens with zero attached hydrogens (tertiary/aromatic N) is 1. The first-order chi connectivity index (χ1) is 13.7. The van der Waals surface area contributed by atoms with Crippen LogP contribution in [0.2, 0.25) is 0 Å². The third kappa shape index (κ3) is 3.42. The summed E-state index contributed by atoms with van der Waals surface area (Å²) in [5.74, 6) is 1.71. The van der Waals surface area contributed by atoms with Gasteiger partial charge in [0, 0.05) is 13.0 Å². The fraction of sp³-hybridized carbons (Fsp3) is 0.292. The summed E-state index contributed by atoms with van der Waals surface area (Å²) in [7, 11) is 3.33. The number of likely N-dealkylation sites (tertiary alicyclic amines) is 1. The number of benzene rings is 3. The van der Waals surface area contributed by atoms with E-state index in [4.69, 9.17) is 9.47 Å². The van der Waals surface area contributed by atoms with Gasteiger partial charge in [-0.3, -0.25) is 4.79 Å². The number of amides is 1. The summed E-state index contributed by atoms with van der Waals surface area (Å²) < 4.78 is 11.2. The van der Waals surface area contributed by atoms with Crippen LogP contribution in [-0.2, 0) is 11.3 Å². The van der Waals surface area contributed by atoms with Crippen LogP contribution >= 0.6 is 0 Å². The zero-order valence-corrected chi connectivity index (χ0v) is 16.4. The summed E-state index contributed by atoms with van der Waals surface area (Å²) in [5, 5.41) is 2.40. The second kappa shape index (κ2) is 7.93. The van der Waals surface area contributed by atoms with Crippen LogP contribution < -0.4 is 9.47 Å². The fourth-order valence-corrected chi connectivity index (χ4v) is 4.16. The average Bonchev–Trinajstić information content (AvgIpc) is 2.74. The van der Waals surface area contributed by atoms with Crippen LogP contribution in [0.25, 0.3) is 10.8 Å². The molecule has 4 rings (SSSR count). The van der Waals surface area contributed by atoms with Gasteiger partial charge >= 0.3 is 0 Å². The predicted molar refractivity (Wildman–Crippen MR) is 111 cm³/mol. The van der Waals surface area contributed by atoms with Crippen LogP contribution in [0.4, 0.5) is 0 Å². The molecular formula is C24H25NO3. The molecule has 1 atom stereocenters. The lowest BCUT2D eigenvalue weighted by Gasteiger charge is -2.37. The van der Waals surface area contributed by atoms with Crippen LogP contribution in [0.3, 0.4) is 0 Å². The first-order valence-corrected chi connectivity index (χ1v) is 9.69. The van der Waals surface area contributed by atoms with Crippen LogP contribution in [0, 0.1) is 0 Å². The van der Waals surface area contributed by atoms with Gasteiger partial charge in [-0.05, 0) is 47.4 Å². The summed E-state index contributed by atoms with van der Waals surface area (Å²) in [4.78, 5) is 14.9. The maximum absolute atomic E-state index is 12.9. The SMILES string of the molecule is COc1cccc(OC)c1[C@@H]1CCCC(=O)N1Cc1ccc2ccccc2c1. The third-order valence-electron chi connectivity index (χ3n) is 5.53. The standard InChI is InChI=1S/C24H25NO3/c1-27-21-10-6-11-22(28-2)24(21)20-9-5-12-23(26)25(20)16-17-13-14-18-7-3-4-8-19(18)15-17/h3-4,6-8,10-11,13-15,20H,5,9,12,16H2,1-2H3/t20-/m0/s1. The van der Waals surface area contributed by atoms with Gasteiger partial charge in [0.2, 0.25) is 5.91 Å². The van der Waals surface area contributed by atoms with Crippen molar-refractivity contribution in [2.75, 3.05) is 14.2 Å². The van der Waals surface area contributed by atoms with Gasteiger partial charge in [0.1, 0.15) is 11.5 Å². The third-order valence-corrected chi connectivity index (χ3v) is 5.53. The summed E-state index contributed by atoms with van der Waals surface area (Å²) in [6, 6.07) is 20.4. The number of carbonyl (C=O) groups excluding carboxylic acids is 1. The molecule has 0 spiro atoms. The Morgan fingerprint density at radius 1 is 0.929 bits per heavy atom. The van der Waals surface area contributed by atoms with Crippen molar-refractivity contribution in [2.24, 2.45) is 0 Å². The summed E-state index contributed by atoms with van der Waals surface area (Å²) in [6.07, 6.45) is 2.36. The molecule has 1 amide bonds. The van der Waals surface area contributed by atoms with Gasteiger partial charge in [-0.1, -0.05) is 42.5 Å². The first kappa shape index (κ1) is 18.4. The van der Waals surface area contributed by atoms with Gasteiger partial charge in [-0.15, -0.1) is 0 Å². The van der Waals surface area contributed by atoms with Gasteiger partial charge < -0.3 is 14.4 Å². The van der Waals surface area contributed by atoms with Crippen molar-refractivity contribution in [3.05, 3.63) is 71.8 Å². The van der Waals surface area contributed by atoms with E-state index >= 15 is 0 Å². The highest BCUT2D eigenvalue weighted by atomic mass is 16.5. The average molecular weight is 375 g/mol. The van der Waals surface area contributed by atoms with Crippen LogP contribution in [-0.4, -0.2) is 25.0 Å². The van der Waals surface area contributed by atoms with Crippen molar-refractivity contribution in [1.29, 1.82) is 0 Å². The number of rotatable bonds is 5. The molecule has 0 aliphatic carbocycles. The molecule has 0 unspecified atom stereocenters. The van der Waals surface area contributed by atoms with Gasteiger partial charge in [0.05, 0.1) is 25.8 Å². The Hall–Kier alpha value is -3.01. The van der Waals surface area contributed by atoms with Crippen molar-refractivity contribution >= 4 is 16.7 Å². The van der Waals surface area contributed by atoms with Gasteiger partial charge in [-0.2, -0.15) is 0 Å². The Bertz CT molecular complexity index is 976. The molecule has 0 N–H and O–H groups in total. The van der Waals surface area contributed by atoms with E-state index in [0.29, 0.717) is 13.0 Å². The number of hydrogen-bond donors (Lipinski definition) is 0. The second-order valence-corrected chi connectivity index (χ2v) is 7.19. The molecule has 144 valence electrons. The van der Waals surface area contributed by atoms with Crippen molar-refractivity contribution in [3.8, 4) is 11.5 Å². The number of carbonyl (C=O) groups is 1. The monoisotopic (exact) mass is 375 g/mol. The van der Waals surface area contributed by atoms with E-state index in [2.05, 4.69) is 30.3 Å². The maximum Gasteiger partial charge on any atom is 0.223 e. The van der Waals surface area contributed by atoms with Crippen LogP contribution in [0.15, 0.2) is 60.7 Å². The van der Waals surface area contributed by atoms with Crippen molar-refractivity contribution in [2.45, 2.75) is 31.8 Å². The highest BCUT2D eigenvalue weighted by Crippen LogP contribution is 2.42. The quantitative estimate of drug-likeness (QED) is 0.622. The number of hydrogen-bond acceptors (Lipinski definition) is 3. The van der Waals surface area contributed by atoms with E-state index in [1.807, 2.05) is 35.2 Å². The molecule has 1 heterocycles. The zero-order valence-electron chi connectivity index (χ0n) is 16.4.